The fourth-order valence-corrected chi connectivity index (χ4v) is 4.76. The van der Waals surface area contributed by atoms with Crippen molar-refractivity contribution in [3.63, 3.8) is 0 Å². The fraction of sp³-hybridized carbons (Fsp3) is 0.696. The lowest BCUT2D eigenvalue weighted by atomic mass is 9.84. The number of hydrogen-bond donors (Lipinski definition) is 1. The molecule has 7 heteroatoms. The standard InChI is InChI=1S/C23H35N3O4/c1-17(28-2)23(27)24-19-8-6-18(7-9-19)10-11-25-12-14-26(15-13-25)20-4-3-5-21-22(20)30-16-29-21/h3-5,17-19H,6-16H2,1-2H3,(H,24,27)/t17-,18-,19-/m0/s1. The molecule has 0 aromatic heterocycles. The summed E-state index contributed by atoms with van der Waals surface area (Å²) >= 11 is 0. The number of fused-ring (bicyclic) bond motifs is 1. The molecule has 1 atom stereocenters. The van der Waals surface area contributed by atoms with Gasteiger partial charge in [0.2, 0.25) is 12.7 Å². The Labute approximate surface area is 179 Å². The highest BCUT2D eigenvalue weighted by molar-refractivity contribution is 5.80. The minimum absolute atomic E-state index is 0.0137. The number of hydrogen-bond acceptors (Lipinski definition) is 6. The molecule has 1 saturated heterocycles. The molecule has 1 aliphatic carbocycles. The van der Waals surface area contributed by atoms with Crippen molar-refractivity contribution in [3.8, 4) is 11.5 Å². The smallest absolute Gasteiger partial charge is 0.249 e. The third-order valence-corrected chi connectivity index (χ3v) is 6.86. The van der Waals surface area contributed by atoms with Gasteiger partial charge in [0, 0.05) is 39.3 Å². The predicted octanol–water partition coefficient (Wildman–Crippen LogP) is 2.64. The summed E-state index contributed by atoms with van der Waals surface area (Å²) in [4.78, 5) is 17.0. The number of methoxy groups -OCH3 is 1. The van der Waals surface area contributed by atoms with E-state index in [1.807, 2.05) is 12.1 Å². The molecule has 4 rings (SSSR count). The van der Waals surface area contributed by atoms with E-state index in [-0.39, 0.29) is 12.0 Å². The van der Waals surface area contributed by atoms with Gasteiger partial charge in [0.1, 0.15) is 6.10 Å². The number of piperazine rings is 1. The largest absolute Gasteiger partial charge is 0.454 e. The zero-order valence-electron chi connectivity index (χ0n) is 18.3. The average Bonchev–Trinajstić information content (AvgIpc) is 3.27. The van der Waals surface area contributed by atoms with Crippen LogP contribution in [-0.4, -0.2) is 69.6 Å². The van der Waals surface area contributed by atoms with Crippen molar-refractivity contribution in [3.05, 3.63) is 18.2 Å². The van der Waals surface area contributed by atoms with E-state index in [9.17, 15) is 4.79 Å². The van der Waals surface area contributed by atoms with Gasteiger partial charge in [0.05, 0.1) is 5.69 Å². The Morgan fingerprint density at radius 3 is 2.67 bits per heavy atom. The van der Waals surface area contributed by atoms with Gasteiger partial charge < -0.3 is 24.4 Å². The van der Waals surface area contributed by atoms with Crippen molar-refractivity contribution >= 4 is 11.6 Å². The molecule has 1 aromatic carbocycles. The van der Waals surface area contributed by atoms with Gasteiger partial charge in [-0.1, -0.05) is 6.07 Å². The molecule has 2 fully saturated rings. The van der Waals surface area contributed by atoms with E-state index < -0.39 is 0 Å². The van der Waals surface area contributed by atoms with Crippen LogP contribution < -0.4 is 19.7 Å². The number of anilines is 1. The second kappa shape index (κ2) is 9.88. The monoisotopic (exact) mass is 417 g/mol. The van der Waals surface area contributed by atoms with Gasteiger partial charge in [0.25, 0.3) is 0 Å². The topological polar surface area (TPSA) is 63.3 Å². The molecule has 2 heterocycles. The van der Waals surface area contributed by atoms with Crippen molar-refractivity contribution in [1.29, 1.82) is 0 Å². The Kier molecular flexibility index (Phi) is 7.00. The molecule has 2 aliphatic heterocycles. The van der Waals surface area contributed by atoms with Gasteiger partial charge in [-0.2, -0.15) is 0 Å². The minimum Gasteiger partial charge on any atom is -0.454 e. The maximum Gasteiger partial charge on any atom is 0.249 e. The maximum absolute atomic E-state index is 12.0. The van der Waals surface area contributed by atoms with Gasteiger partial charge in [-0.3, -0.25) is 9.69 Å². The summed E-state index contributed by atoms with van der Waals surface area (Å²) in [5.41, 5.74) is 1.16. The lowest BCUT2D eigenvalue weighted by Crippen LogP contribution is -2.47. The van der Waals surface area contributed by atoms with Crippen LogP contribution in [0.5, 0.6) is 11.5 Å². The zero-order chi connectivity index (χ0) is 20.9. The Hall–Kier alpha value is -1.99. The summed E-state index contributed by atoms with van der Waals surface area (Å²) in [7, 11) is 1.58. The number of nitrogens with one attached hydrogen (secondary N) is 1. The minimum atomic E-state index is -0.363. The van der Waals surface area contributed by atoms with Crippen LogP contribution in [0.1, 0.15) is 39.0 Å². The van der Waals surface area contributed by atoms with E-state index >= 15 is 0 Å². The third-order valence-electron chi connectivity index (χ3n) is 6.86. The van der Waals surface area contributed by atoms with Crippen LogP contribution >= 0.6 is 0 Å². The molecule has 7 nitrogen and oxygen atoms in total. The second-order valence-electron chi connectivity index (χ2n) is 8.73. The SMILES string of the molecule is CO[C@@H](C)C(=O)N[C@H]1CC[C@H](CCN2CCN(c3cccc4c3OCO4)CC2)CC1. The van der Waals surface area contributed by atoms with Gasteiger partial charge in [-0.25, -0.2) is 0 Å². The van der Waals surface area contributed by atoms with Crippen LogP contribution in [0.3, 0.4) is 0 Å². The van der Waals surface area contributed by atoms with E-state index in [4.69, 9.17) is 14.2 Å². The van der Waals surface area contributed by atoms with E-state index in [0.717, 1.165) is 62.1 Å². The quantitative estimate of drug-likeness (QED) is 0.736. The molecule has 1 amide bonds. The molecule has 1 aromatic rings. The summed E-state index contributed by atoms with van der Waals surface area (Å²) in [6, 6.07) is 6.46. The highest BCUT2D eigenvalue weighted by atomic mass is 16.7. The number of carbonyl (C=O) groups is 1. The highest BCUT2D eigenvalue weighted by Crippen LogP contribution is 2.41. The molecule has 30 heavy (non-hydrogen) atoms. The molecular formula is C23H35N3O4. The molecule has 1 saturated carbocycles. The fourth-order valence-electron chi connectivity index (χ4n) is 4.76. The van der Waals surface area contributed by atoms with Crippen LogP contribution in [0, 0.1) is 5.92 Å². The molecule has 0 radical (unpaired) electrons. The van der Waals surface area contributed by atoms with Crippen molar-refractivity contribution in [2.24, 2.45) is 5.92 Å². The summed E-state index contributed by atoms with van der Waals surface area (Å²) in [5, 5.41) is 3.13. The van der Waals surface area contributed by atoms with E-state index in [1.165, 1.54) is 25.8 Å². The van der Waals surface area contributed by atoms with Crippen molar-refractivity contribution < 1.29 is 19.0 Å². The molecule has 0 unspecified atom stereocenters. The summed E-state index contributed by atoms with van der Waals surface area (Å²) < 4.78 is 16.3. The summed E-state index contributed by atoms with van der Waals surface area (Å²) in [6.45, 7) is 7.52. The maximum atomic E-state index is 12.0. The summed E-state index contributed by atoms with van der Waals surface area (Å²) in [6.07, 6.45) is 5.48. The Bertz CT molecular complexity index is 712. The predicted molar refractivity (Wildman–Crippen MR) is 116 cm³/mol. The van der Waals surface area contributed by atoms with Gasteiger partial charge in [-0.15, -0.1) is 0 Å². The summed E-state index contributed by atoms with van der Waals surface area (Å²) in [5.74, 6) is 2.55. The van der Waals surface area contributed by atoms with E-state index in [1.54, 1.807) is 14.0 Å². The Morgan fingerprint density at radius 1 is 1.17 bits per heavy atom. The Morgan fingerprint density at radius 2 is 1.93 bits per heavy atom. The van der Waals surface area contributed by atoms with Crippen LogP contribution in [-0.2, 0) is 9.53 Å². The number of benzene rings is 1. The first-order valence-electron chi connectivity index (χ1n) is 11.3. The molecule has 3 aliphatic rings. The van der Waals surface area contributed by atoms with Gasteiger partial charge in [-0.05, 0) is 63.6 Å². The zero-order valence-corrected chi connectivity index (χ0v) is 18.3. The number of amides is 1. The number of rotatable bonds is 7. The van der Waals surface area contributed by atoms with Crippen LogP contribution in [0.2, 0.25) is 0 Å². The molecule has 0 spiro atoms. The first-order valence-corrected chi connectivity index (χ1v) is 11.3. The number of nitrogens with zero attached hydrogens (tertiary/aromatic N) is 2. The molecule has 166 valence electrons. The first-order chi connectivity index (χ1) is 14.6. The van der Waals surface area contributed by atoms with Gasteiger partial charge >= 0.3 is 0 Å². The lowest BCUT2D eigenvalue weighted by Gasteiger charge is -2.37. The first kappa shape index (κ1) is 21.2. The van der Waals surface area contributed by atoms with Crippen molar-refractivity contribution in [2.75, 3.05) is 51.5 Å². The molecule has 1 N–H and O–H groups in total. The van der Waals surface area contributed by atoms with Gasteiger partial charge in [0.15, 0.2) is 11.5 Å². The molecule has 0 bridgehead atoms. The number of para-hydroxylation sites is 1. The Balaban J connectivity index is 1.16. The van der Waals surface area contributed by atoms with Crippen molar-refractivity contribution in [2.45, 2.75) is 51.2 Å². The number of carbonyl (C=O) groups excluding carboxylic acids is 1. The normalized spacial score (nSPS) is 25.2. The van der Waals surface area contributed by atoms with E-state index in [2.05, 4.69) is 21.2 Å². The van der Waals surface area contributed by atoms with Crippen LogP contribution in [0.4, 0.5) is 5.69 Å². The molecular weight excluding hydrogens is 382 g/mol. The van der Waals surface area contributed by atoms with Crippen LogP contribution in [0.15, 0.2) is 18.2 Å². The lowest BCUT2D eigenvalue weighted by molar-refractivity contribution is -0.131. The van der Waals surface area contributed by atoms with E-state index in [0.29, 0.717) is 12.8 Å². The average molecular weight is 418 g/mol. The highest BCUT2D eigenvalue weighted by Gasteiger charge is 2.27. The van der Waals surface area contributed by atoms with Crippen molar-refractivity contribution in [1.82, 2.24) is 10.2 Å². The number of ether oxygens (including phenoxy) is 3. The second-order valence-corrected chi connectivity index (χ2v) is 8.73. The third kappa shape index (κ3) is 5.01. The van der Waals surface area contributed by atoms with Crippen LogP contribution in [0.25, 0.3) is 0 Å².